The van der Waals surface area contributed by atoms with E-state index in [2.05, 4.69) is 16.5 Å². The van der Waals surface area contributed by atoms with E-state index in [9.17, 15) is 0 Å². The number of rotatable bonds is 5. The molecule has 2 aromatic rings. The molecule has 0 saturated carbocycles. The average molecular weight is 278 g/mol. The molecule has 4 heteroatoms. The molecule has 1 aromatic heterocycles. The van der Waals surface area contributed by atoms with Crippen molar-refractivity contribution in [2.45, 2.75) is 39.3 Å². The van der Waals surface area contributed by atoms with Gasteiger partial charge in [0.05, 0.1) is 0 Å². The van der Waals surface area contributed by atoms with Crippen molar-refractivity contribution in [2.75, 3.05) is 0 Å². The molecule has 1 atom stereocenters. The zero-order valence-electron chi connectivity index (χ0n) is 11.4. The minimum absolute atomic E-state index is 0.0725. The largest absolute Gasteiger partial charge is 0.335 e. The van der Waals surface area contributed by atoms with Crippen LogP contribution < -0.4 is 5.73 Å². The molecule has 0 aliphatic carbocycles. The number of aromatic nitrogens is 2. The first-order chi connectivity index (χ1) is 9.13. The Balaban J connectivity index is 2.18. The van der Waals surface area contributed by atoms with Gasteiger partial charge in [-0.2, -0.15) is 0 Å². The topological polar surface area (TPSA) is 43.8 Å². The molecule has 0 aliphatic heterocycles. The van der Waals surface area contributed by atoms with Crippen LogP contribution in [-0.2, 0) is 13.0 Å². The van der Waals surface area contributed by atoms with Crippen LogP contribution in [0.1, 0.15) is 36.3 Å². The van der Waals surface area contributed by atoms with Gasteiger partial charge in [0.1, 0.15) is 5.82 Å². The van der Waals surface area contributed by atoms with Crippen molar-refractivity contribution in [2.24, 2.45) is 5.73 Å². The fourth-order valence-corrected chi connectivity index (χ4v) is 2.49. The van der Waals surface area contributed by atoms with Crippen molar-refractivity contribution in [1.29, 1.82) is 0 Å². The van der Waals surface area contributed by atoms with Gasteiger partial charge in [0, 0.05) is 36.4 Å². The van der Waals surface area contributed by atoms with Crippen LogP contribution in [0.15, 0.2) is 30.6 Å². The van der Waals surface area contributed by atoms with Crippen LogP contribution in [0.2, 0.25) is 5.02 Å². The number of halogens is 1. The van der Waals surface area contributed by atoms with E-state index in [0.29, 0.717) is 0 Å². The number of hydrogen-bond acceptors (Lipinski definition) is 2. The molecule has 2 N–H and O–H groups in total. The molecular formula is C15H20ClN3. The maximum absolute atomic E-state index is 6.31. The number of nitrogens with two attached hydrogens (primary N) is 1. The highest BCUT2D eigenvalue weighted by Crippen LogP contribution is 2.24. The van der Waals surface area contributed by atoms with Gasteiger partial charge in [0.25, 0.3) is 0 Å². The Hall–Kier alpha value is -1.32. The molecular weight excluding hydrogens is 258 g/mol. The number of benzene rings is 1. The van der Waals surface area contributed by atoms with Gasteiger partial charge in [-0.3, -0.25) is 0 Å². The van der Waals surface area contributed by atoms with Gasteiger partial charge in [0.2, 0.25) is 0 Å². The summed E-state index contributed by atoms with van der Waals surface area (Å²) >= 11 is 6.14. The second-order valence-electron chi connectivity index (χ2n) is 4.80. The maximum Gasteiger partial charge on any atom is 0.110 e. The van der Waals surface area contributed by atoms with Gasteiger partial charge in [-0.1, -0.05) is 30.7 Å². The van der Waals surface area contributed by atoms with Crippen LogP contribution >= 0.6 is 11.6 Å². The Labute approximate surface area is 119 Å². The molecule has 2 rings (SSSR count). The van der Waals surface area contributed by atoms with E-state index in [1.54, 1.807) is 0 Å². The van der Waals surface area contributed by atoms with Gasteiger partial charge < -0.3 is 10.3 Å². The van der Waals surface area contributed by atoms with E-state index in [1.807, 2.05) is 37.5 Å². The fourth-order valence-electron chi connectivity index (χ4n) is 2.31. The van der Waals surface area contributed by atoms with E-state index in [4.69, 9.17) is 17.3 Å². The highest BCUT2D eigenvalue weighted by Gasteiger charge is 2.14. The highest BCUT2D eigenvalue weighted by molar-refractivity contribution is 6.31. The predicted molar refractivity (Wildman–Crippen MR) is 79.3 cm³/mol. The standard InChI is InChI=1S/C15H20ClN3/c1-3-8-19-9-7-18-15(19)10-14(17)12-5-4-6-13(16)11(12)2/h4-7,9,14H,3,8,10,17H2,1-2H3. The zero-order valence-corrected chi connectivity index (χ0v) is 12.2. The molecule has 3 nitrogen and oxygen atoms in total. The smallest absolute Gasteiger partial charge is 0.110 e. The van der Waals surface area contributed by atoms with Crippen LogP contribution in [0.5, 0.6) is 0 Å². The Kier molecular flexibility index (Phi) is 4.61. The lowest BCUT2D eigenvalue weighted by molar-refractivity contribution is 0.597. The van der Waals surface area contributed by atoms with E-state index >= 15 is 0 Å². The molecule has 1 heterocycles. The normalized spacial score (nSPS) is 12.6. The number of hydrogen-bond donors (Lipinski definition) is 1. The van der Waals surface area contributed by atoms with E-state index < -0.39 is 0 Å². The van der Waals surface area contributed by atoms with Crippen molar-refractivity contribution in [3.8, 4) is 0 Å². The zero-order chi connectivity index (χ0) is 13.8. The third-order valence-corrected chi connectivity index (χ3v) is 3.79. The monoisotopic (exact) mass is 277 g/mol. The summed E-state index contributed by atoms with van der Waals surface area (Å²) in [5.74, 6) is 1.04. The van der Waals surface area contributed by atoms with Crippen molar-refractivity contribution < 1.29 is 0 Å². The molecule has 1 unspecified atom stereocenters. The summed E-state index contributed by atoms with van der Waals surface area (Å²) < 4.78 is 2.17. The van der Waals surface area contributed by atoms with Gasteiger partial charge in [-0.25, -0.2) is 4.98 Å². The predicted octanol–water partition coefficient (Wildman–Crippen LogP) is 3.50. The Morgan fingerprint density at radius 3 is 2.95 bits per heavy atom. The summed E-state index contributed by atoms with van der Waals surface area (Å²) in [6.07, 6.45) is 5.67. The molecule has 0 bridgehead atoms. The molecule has 1 aromatic carbocycles. The van der Waals surface area contributed by atoms with Crippen molar-refractivity contribution in [3.63, 3.8) is 0 Å². The minimum Gasteiger partial charge on any atom is -0.335 e. The third kappa shape index (κ3) is 3.17. The van der Waals surface area contributed by atoms with Crippen LogP contribution in [0, 0.1) is 6.92 Å². The SMILES string of the molecule is CCCn1ccnc1CC(N)c1cccc(Cl)c1C. The molecule has 19 heavy (non-hydrogen) atoms. The molecule has 0 spiro atoms. The summed E-state index contributed by atoms with van der Waals surface area (Å²) in [5.41, 5.74) is 8.47. The lowest BCUT2D eigenvalue weighted by Crippen LogP contribution is -2.17. The molecule has 0 amide bonds. The third-order valence-electron chi connectivity index (χ3n) is 3.38. The number of nitrogens with zero attached hydrogens (tertiary/aromatic N) is 2. The minimum atomic E-state index is -0.0725. The summed E-state index contributed by atoms with van der Waals surface area (Å²) in [6, 6.07) is 5.81. The summed E-state index contributed by atoms with van der Waals surface area (Å²) in [7, 11) is 0. The lowest BCUT2D eigenvalue weighted by Gasteiger charge is -2.16. The lowest BCUT2D eigenvalue weighted by atomic mass is 9.99. The summed E-state index contributed by atoms with van der Waals surface area (Å²) in [4.78, 5) is 4.40. The van der Waals surface area contributed by atoms with Crippen LogP contribution in [0.3, 0.4) is 0 Å². The molecule has 0 radical (unpaired) electrons. The first-order valence-corrected chi connectivity index (χ1v) is 7.02. The second kappa shape index (κ2) is 6.22. The Bertz CT molecular complexity index is 548. The van der Waals surface area contributed by atoms with Gasteiger partial charge in [0.15, 0.2) is 0 Å². The van der Waals surface area contributed by atoms with Crippen LogP contribution in [0.25, 0.3) is 0 Å². The first kappa shape index (κ1) is 14.1. The molecule has 0 fully saturated rings. The fraction of sp³-hybridized carbons (Fsp3) is 0.400. The first-order valence-electron chi connectivity index (χ1n) is 6.64. The number of imidazole rings is 1. The molecule has 0 aliphatic rings. The van der Waals surface area contributed by atoms with Crippen molar-refractivity contribution in [1.82, 2.24) is 9.55 Å². The van der Waals surface area contributed by atoms with Gasteiger partial charge in [-0.15, -0.1) is 0 Å². The Morgan fingerprint density at radius 2 is 2.21 bits per heavy atom. The van der Waals surface area contributed by atoms with Gasteiger partial charge >= 0.3 is 0 Å². The van der Waals surface area contributed by atoms with Crippen molar-refractivity contribution >= 4 is 11.6 Å². The van der Waals surface area contributed by atoms with E-state index in [0.717, 1.165) is 41.4 Å². The summed E-state index contributed by atoms with van der Waals surface area (Å²) in [5, 5.41) is 0.768. The average Bonchev–Trinajstić information content (AvgIpc) is 2.80. The summed E-state index contributed by atoms with van der Waals surface area (Å²) in [6.45, 7) is 5.15. The van der Waals surface area contributed by atoms with E-state index in [1.165, 1.54) is 0 Å². The van der Waals surface area contributed by atoms with Crippen LogP contribution in [-0.4, -0.2) is 9.55 Å². The van der Waals surface area contributed by atoms with Crippen molar-refractivity contribution in [3.05, 3.63) is 52.6 Å². The molecule has 102 valence electrons. The van der Waals surface area contributed by atoms with E-state index in [-0.39, 0.29) is 6.04 Å². The van der Waals surface area contributed by atoms with Gasteiger partial charge in [-0.05, 0) is 30.5 Å². The quantitative estimate of drug-likeness (QED) is 0.909. The molecule has 0 saturated heterocycles. The Morgan fingerprint density at radius 1 is 1.42 bits per heavy atom. The van der Waals surface area contributed by atoms with Crippen LogP contribution in [0.4, 0.5) is 0 Å². The number of aryl methyl sites for hydroxylation is 1. The second-order valence-corrected chi connectivity index (χ2v) is 5.21. The maximum atomic E-state index is 6.31. The highest BCUT2D eigenvalue weighted by atomic mass is 35.5.